The highest BCUT2D eigenvalue weighted by atomic mass is 16.8. The normalized spacial score (nSPS) is 20.1. The molecule has 1 aliphatic rings. The van der Waals surface area contributed by atoms with E-state index in [0.717, 1.165) is 38.4 Å². The lowest BCUT2D eigenvalue weighted by Crippen LogP contribution is -2.21. The fourth-order valence-corrected chi connectivity index (χ4v) is 2.87. The summed E-state index contributed by atoms with van der Waals surface area (Å²) in [7, 11) is 0. The van der Waals surface area contributed by atoms with Crippen LogP contribution < -0.4 is 0 Å². The van der Waals surface area contributed by atoms with E-state index in [1.54, 1.807) is 13.8 Å². The van der Waals surface area contributed by atoms with Crippen LogP contribution in [-0.4, -0.2) is 24.1 Å². The maximum atomic E-state index is 11.6. The molecule has 1 saturated heterocycles. The predicted molar refractivity (Wildman–Crippen MR) is 86.5 cm³/mol. The van der Waals surface area contributed by atoms with E-state index in [1.807, 2.05) is 0 Å². The van der Waals surface area contributed by atoms with Gasteiger partial charge in [0.05, 0.1) is 0 Å². The topological polar surface area (TPSA) is 52.6 Å². The van der Waals surface area contributed by atoms with Crippen molar-refractivity contribution in [2.24, 2.45) is 0 Å². The Balaban J connectivity index is 1.84. The second-order valence-electron chi connectivity index (χ2n) is 6.71. The Kier molecular flexibility index (Phi) is 9.37. The molecule has 1 heterocycles. The zero-order valence-electron chi connectivity index (χ0n) is 14.3. The van der Waals surface area contributed by atoms with Gasteiger partial charge < -0.3 is 14.3 Å². The molecule has 0 unspecified atom stereocenters. The molecule has 128 valence electrons. The van der Waals surface area contributed by atoms with Gasteiger partial charge in [-0.1, -0.05) is 57.8 Å². The first-order valence-electron chi connectivity index (χ1n) is 8.89. The van der Waals surface area contributed by atoms with Crippen molar-refractivity contribution in [3.8, 4) is 0 Å². The minimum atomic E-state index is -0.743. The SMILES string of the molecule is CC1(C)OC(=O)[C@@H](CCCCCCCCCCCCC=O)O1. The zero-order chi connectivity index (χ0) is 16.3. The van der Waals surface area contributed by atoms with Gasteiger partial charge in [0.2, 0.25) is 5.79 Å². The molecular weight excluding hydrogens is 280 g/mol. The molecule has 4 heteroatoms. The van der Waals surface area contributed by atoms with Crippen LogP contribution in [-0.2, 0) is 19.1 Å². The highest BCUT2D eigenvalue weighted by Gasteiger charge is 2.40. The monoisotopic (exact) mass is 312 g/mol. The van der Waals surface area contributed by atoms with Crippen molar-refractivity contribution in [1.29, 1.82) is 0 Å². The molecule has 1 atom stereocenters. The molecule has 0 radical (unpaired) electrons. The second-order valence-corrected chi connectivity index (χ2v) is 6.71. The molecule has 4 nitrogen and oxygen atoms in total. The van der Waals surface area contributed by atoms with Gasteiger partial charge in [-0.3, -0.25) is 0 Å². The van der Waals surface area contributed by atoms with Gasteiger partial charge in [-0.2, -0.15) is 0 Å². The molecule has 1 aliphatic heterocycles. The minimum Gasteiger partial charge on any atom is -0.432 e. The van der Waals surface area contributed by atoms with E-state index in [4.69, 9.17) is 9.47 Å². The summed E-state index contributed by atoms with van der Waals surface area (Å²) in [5.41, 5.74) is 0. The molecular formula is C18H32O4. The Hall–Kier alpha value is -0.900. The van der Waals surface area contributed by atoms with Gasteiger partial charge in [0.15, 0.2) is 6.10 Å². The molecule has 0 aliphatic carbocycles. The summed E-state index contributed by atoms with van der Waals surface area (Å²) in [6, 6.07) is 0. The van der Waals surface area contributed by atoms with E-state index in [1.165, 1.54) is 44.9 Å². The number of carbonyl (C=O) groups is 2. The van der Waals surface area contributed by atoms with Crippen molar-refractivity contribution in [3.05, 3.63) is 0 Å². The molecule has 1 rings (SSSR count). The smallest absolute Gasteiger partial charge is 0.337 e. The van der Waals surface area contributed by atoms with Crippen LogP contribution in [0.15, 0.2) is 0 Å². The maximum Gasteiger partial charge on any atom is 0.337 e. The number of hydrogen-bond acceptors (Lipinski definition) is 4. The minimum absolute atomic E-state index is 0.209. The Morgan fingerprint density at radius 1 is 0.909 bits per heavy atom. The number of cyclic esters (lactones) is 1. The Labute approximate surface area is 134 Å². The van der Waals surface area contributed by atoms with Gasteiger partial charge in [0.25, 0.3) is 0 Å². The summed E-state index contributed by atoms with van der Waals surface area (Å²) >= 11 is 0. The lowest BCUT2D eigenvalue weighted by Gasteiger charge is -2.15. The van der Waals surface area contributed by atoms with E-state index < -0.39 is 5.79 Å². The predicted octanol–water partition coefficient (Wildman–Crippen LogP) is 4.54. The first-order chi connectivity index (χ1) is 10.5. The number of ether oxygens (including phenoxy) is 2. The summed E-state index contributed by atoms with van der Waals surface area (Å²) in [5, 5.41) is 0. The van der Waals surface area contributed by atoms with Crippen molar-refractivity contribution in [3.63, 3.8) is 0 Å². The van der Waals surface area contributed by atoms with Crippen LogP contribution in [0, 0.1) is 0 Å². The summed E-state index contributed by atoms with van der Waals surface area (Å²) < 4.78 is 10.7. The molecule has 0 spiro atoms. The number of rotatable bonds is 13. The Morgan fingerprint density at radius 3 is 1.86 bits per heavy atom. The first-order valence-corrected chi connectivity index (χ1v) is 8.89. The van der Waals surface area contributed by atoms with E-state index in [-0.39, 0.29) is 12.1 Å². The fraction of sp³-hybridized carbons (Fsp3) is 0.889. The van der Waals surface area contributed by atoms with Crippen molar-refractivity contribution in [2.75, 3.05) is 0 Å². The van der Waals surface area contributed by atoms with Crippen LogP contribution in [0.2, 0.25) is 0 Å². The highest BCUT2D eigenvalue weighted by Crippen LogP contribution is 2.26. The van der Waals surface area contributed by atoms with Crippen molar-refractivity contribution in [2.45, 2.75) is 103 Å². The second kappa shape index (κ2) is 10.8. The third kappa shape index (κ3) is 8.52. The van der Waals surface area contributed by atoms with Gasteiger partial charge >= 0.3 is 5.97 Å². The van der Waals surface area contributed by atoms with Crippen molar-refractivity contribution >= 4 is 12.3 Å². The molecule has 0 aromatic carbocycles. The third-order valence-electron chi connectivity index (χ3n) is 4.07. The van der Waals surface area contributed by atoms with Crippen LogP contribution >= 0.6 is 0 Å². The quantitative estimate of drug-likeness (QED) is 0.284. The third-order valence-corrected chi connectivity index (χ3v) is 4.07. The number of aldehydes is 1. The summed E-state index contributed by atoms with van der Waals surface area (Å²) in [6.07, 6.45) is 14.2. The summed E-state index contributed by atoms with van der Waals surface area (Å²) in [5.74, 6) is -0.951. The van der Waals surface area contributed by atoms with Crippen molar-refractivity contribution < 1.29 is 19.1 Å². The fourth-order valence-electron chi connectivity index (χ4n) is 2.87. The number of unbranched alkanes of at least 4 members (excludes halogenated alkanes) is 10. The molecule has 0 aromatic heterocycles. The van der Waals surface area contributed by atoms with Gasteiger partial charge in [-0.25, -0.2) is 4.79 Å². The average Bonchev–Trinajstić information content (AvgIpc) is 2.72. The van der Waals surface area contributed by atoms with Crippen LogP contribution in [0.25, 0.3) is 0 Å². The molecule has 0 bridgehead atoms. The molecule has 0 N–H and O–H groups in total. The average molecular weight is 312 g/mol. The van der Waals surface area contributed by atoms with Crippen LogP contribution in [0.1, 0.15) is 90.9 Å². The van der Waals surface area contributed by atoms with Crippen LogP contribution in [0.4, 0.5) is 0 Å². The van der Waals surface area contributed by atoms with Crippen LogP contribution in [0.5, 0.6) is 0 Å². The van der Waals surface area contributed by atoms with E-state index in [2.05, 4.69) is 0 Å². The largest absolute Gasteiger partial charge is 0.432 e. The molecule has 22 heavy (non-hydrogen) atoms. The highest BCUT2D eigenvalue weighted by molar-refractivity contribution is 5.76. The summed E-state index contributed by atoms with van der Waals surface area (Å²) in [6.45, 7) is 3.56. The molecule has 1 fully saturated rings. The maximum absolute atomic E-state index is 11.6. The number of hydrogen-bond donors (Lipinski definition) is 0. The zero-order valence-corrected chi connectivity index (χ0v) is 14.3. The van der Waals surface area contributed by atoms with Gasteiger partial charge in [-0.05, 0) is 12.8 Å². The molecule has 0 saturated carbocycles. The Bertz CT molecular complexity index is 325. The van der Waals surface area contributed by atoms with Crippen molar-refractivity contribution in [1.82, 2.24) is 0 Å². The summed E-state index contributed by atoms with van der Waals surface area (Å²) in [4.78, 5) is 21.7. The van der Waals surface area contributed by atoms with E-state index in [9.17, 15) is 9.59 Å². The number of esters is 1. The first kappa shape index (κ1) is 19.1. The number of carbonyl (C=O) groups excluding carboxylic acids is 2. The van der Waals surface area contributed by atoms with Gasteiger partial charge in [0, 0.05) is 20.3 Å². The molecule has 0 amide bonds. The van der Waals surface area contributed by atoms with Gasteiger partial charge in [-0.15, -0.1) is 0 Å². The Morgan fingerprint density at radius 2 is 1.41 bits per heavy atom. The van der Waals surface area contributed by atoms with E-state index >= 15 is 0 Å². The van der Waals surface area contributed by atoms with Crippen LogP contribution in [0.3, 0.4) is 0 Å². The van der Waals surface area contributed by atoms with Gasteiger partial charge in [0.1, 0.15) is 6.29 Å². The standard InChI is InChI=1S/C18H32O4/c1-18(2)21-16(17(20)22-18)14-12-10-8-6-4-3-5-7-9-11-13-15-19/h15-16H,3-14H2,1-2H3/t16-/m1/s1. The lowest BCUT2D eigenvalue weighted by atomic mass is 10.0. The van der Waals surface area contributed by atoms with E-state index in [0.29, 0.717) is 0 Å². The lowest BCUT2D eigenvalue weighted by molar-refractivity contribution is -0.160. The molecule has 0 aromatic rings.